The maximum absolute atomic E-state index is 12.3. The molecule has 2 aromatic rings. The summed E-state index contributed by atoms with van der Waals surface area (Å²) in [7, 11) is 0. The van der Waals surface area contributed by atoms with Crippen molar-refractivity contribution >= 4 is 27.5 Å². The van der Waals surface area contributed by atoms with Crippen LogP contribution in [0.25, 0.3) is 0 Å². The van der Waals surface area contributed by atoms with E-state index in [1.807, 2.05) is 43.3 Å². The molecule has 1 amide bonds. The van der Waals surface area contributed by atoms with Crippen molar-refractivity contribution in [1.82, 2.24) is 0 Å². The van der Waals surface area contributed by atoms with Gasteiger partial charge in [-0.25, -0.2) is 0 Å². The molecule has 0 saturated carbocycles. The lowest BCUT2D eigenvalue weighted by molar-refractivity contribution is -0.118. The Labute approximate surface area is 152 Å². The van der Waals surface area contributed by atoms with E-state index in [1.54, 1.807) is 0 Å². The third kappa shape index (κ3) is 4.60. The summed E-state index contributed by atoms with van der Waals surface area (Å²) in [6.45, 7) is 8.32. The summed E-state index contributed by atoms with van der Waals surface area (Å²) in [5.41, 5.74) is 4.31. The zero-order chi connectivity index (χ0) is 17.7. The van der Waals surface area contributed by atoms with Gasteiger partial charge in [0.1, 0.15) is 5.75 Å². The standard InChI is InChI=1S/C20H24BrNO2/c1-5-15-9-10-18(17(21)11-15)24-12-19(23)22-20-14(4)7-6-8-16(20)13(2)3/h6-11,13H,5,12H2,1-4H3,(H,22,23). The molecule has 4 heteroatoms. The fourth-order valence-corrected chi connectivity index (χ4v) is 3.08. The van der Waals surface area contributed by atoms with Crippen LogP contribution in [0.1, 0.15) is 43.4 Å². The van der Waals surface area contributed by atoms with Gasteiger partial charge in [0.2, 0.25) is 0 Å². The molecule has 3 nitrogen and oxygen atoms in total. The van der Waals surface area contributed by atoms with Crippen molar-refractivity contribution in [3.05, 3.63) is 57.6 Å². The highest BCUT2D eigenvalue weighted by Crippen LogP contribution is 2.28. The SMILES string of the molecule is CCc1ccc(OCC(=O)Nc2c(C)cccc2C(C)C)c(Br)c1. The first kappa shape index (κ1) is 18.5. The Balaban J connectivity index is 2.04. The lowest BCUT2D eigenvalue weighted by Gasteiger charge is -2.17. The van der Waals surface area contributed by atoms with Gasteiger partial charge in [-0.1, -0.05) is 45.0 Å². The number of amides is 1. The van der Waals surface area contributed by atoms with Crippen LogP contribution in [0.3, 0.4) is 0 Å². The number of carbonyl (C=O) groups excluding carboxylic acids is 1. The van der Waals surface area contributed by atoms with Gasteiger partial charge in [-0.3, -0.25) is 4.79 Å². The summed E-state index contributed by atoms with van der Waals surface area (Å²) in [6.07, 6.45) is 0.963. The van der Waals surface area contributed by atoms with Gasteiger partial charge in [-0.05, 0) is 64.0 Å². The first-order valence-corrected chi connectivity index (χ1v) is 9.02. The number of anilines is 1. The molecular weight excluding hydrogens is 366 g/mol. The molecule has 0 aliphatic carbocycles. The van der Waals surface area contributed by atoms with Crippen molar-refractivity contribution in [2.24, 2.45) is 0 Å². The normalized spacial score (nSPS) is 10.8. The Kier molecular flexibility index (Phi) is 6.44. The monoisotopic (exact) mass is 389 g/mol. The summed E-state index contributed by atoms with van der Waals surface area (Å²) in [6, 6.07) is 12.0. The van der Waals surface area contributed by atoms with Gasteiger partial charge in [-0.15, -0.1) is 0 Å². The molecule has 0 fully saturated rings. The number of nitrogens with one attached hydrogen (secondary N) is 1. The zero-order valence-corrected chi connectivity index (χ0v) is 16.2. The number of hydrogen-bond donors (Lipinski definition) is 1. The van der Waals surface area contributed by atoms with Crippen molar-refractivity contribution in [3.8, 4) is 5.75 Å². The van der Waals surface area contributed by atoms with E-state index >= 15 is 0 Å². The van der Waals surface area contributed by atoms with Gasteiger partial charge in [0.25, 0.3) is 5.91 Å². The molecule has 1 N–H and O–H groups in total. The predicted octanol–water partition coefficient (Wildman–Crippen LogP) is 5.46. The van der Waals surface area contributed by atoms with E-state index in [0.29, 0.717) is 11.7 Å². The molecule has 2 rings (SSSR count). The minimum Gasteiger partial charge on any atom is -0.483 e. The molecule has 0 unspecified atom stereocenters. The van der Waals surface area contributed by atoms with E-state index in [1.165, 1.54) is 5.56 Å². The molecule has 0 atom stereocenters. The molecule has 128 valence electrons. The van der Waals surface area contributed by atoms with Gasteiger partial charge >= 0.3 is 0 Å². The maximum Gasteiger partial charge on any atom is 0.262 e. The number of rotatable bonds is 6. The lowest BCUT2D eigenvalue weighted by atomic mass is 9.98. The summed E-state index contributed by atoms with van der Waals surface area (Å²) in [4.78, 5) is 12.3. The quantitative estimate of drug-likeness (QED) is 0.711. The number of carbonyl (C=O) groups is 1. The predicted molar refractivity (Wildman–Crippen MR) is 103 cm³/mol. The number of benzene rings is 2. The van der Waals surface area contributed by atoms with Crippen LogP contribution in [0, 0.1) is 6.92 Å². The molecule has 0 aromatic heterocycles. The van der Waals surface area contributed by atoms with Crippen molar-refractivity contribution in [1.29, 1.82) is 0 Å². The summed E-state index contributed by atoms with van der Waals surface area (Å²) in [5.74, 6) is 0.866. The first-order chi connectivity index (χ1) is 11.4. The van der Waals surface area contributed by atoms with Crippen LogP contribution in [0.4, 0.5) is 5.69 Å². The fourth-order valence-electron chi connectivity index (χ4n) is 2.54. The Hall–Kier alpha value is -1.81. The maximum atomic E-state index is 12.3. The number of para-hydroxylation sites is 1. The Morgan fingerprint density at radius 2 is 2.00 bits per heavy atom. The average molecular weight is 390 g/mol. The van der Waals surface area contributed by atoms with Crippen LogP contribution in [0.2, 0.25) is 0 Å². The number of ether oxygens (including phenoxy) is 1. The second-order valence-corrected chi connectivity index (χ2v) is 7.00. The average Bonchev–Trinajstić information content (AvgIpc) is 2.55. The number of aryl methyl sites for hydroxylation is 2. The van der Waals surface area contributed by atoms with Crippen LogP contribution in [-0.2, 0) is 11.2 Å². The molecule has 0 radical (unpaired) electrons. The second-order valence-electron chi connectivity index (χ2n) is 6.15. The highest BCUT2D eigenvalue weighted by atomic mass is 79.9. The Morgan fingerprint density at radius 3 is 2.62 bits per heavy atom. The van der Waals surface area contributed by atoms with Crippen LogP contribution >= 0.6 is 15.9 Å². The molecule has 0 bridgehead atoms. The van der Waals surface area contributed by atoms with Crippen molar-refractivity contribution in [3.63, 3.8) is 0 Å². The van der Waals surface area contributed by atoms with Crippen LogP contribution in [0.5, 0.6) is 5.75 Å². The molecule has 0 spiro atoms. The third-order valence-corrected chi connectivity index (χ3v) is 4.57. The smallest absolute Gasteiger partial charge is 0.262 e. The number of hydrogen-bond acceptors (Lipinski definition) is 2. The van der Waals surface area contributed by atoms with Crippen LogP contribution in [0.15, 0.2) is 40.9 Å². The third-order valence-electron chi connectivity index (χ3n) is 3.95. The van der Waals surface area contributed by atoms with Gasteiger partial charge in [0.15, 0.2) is 6.61 Å². The van der Waals surface area contributed by atoms with E-state index in [-0.39, 0.29) is 12.5 Å². The van der Waals surface area contributed by atoms with Crippen molar-refractivity contribution in [2.45, 2.75) is 40.0 Å². The van der Waals surface area contributed by atoms with E-state index < -0.39 is 0 Å². The van der Waals surface area contributed by atoms with E-state index in [0.717, 1.165) is 27.7 Å². The van der Waals surface area contributed by atoms with E-state index in [2.05, 4.69) is 42.0 Å². The summed E-state index contributed by atoms with van der Waals surface area (Å²) in [5, 5.41) is 2.99. The van der Waals surface area contributed by atoms with Gasteiger partial charge in [0.05, 0.1) is 4.47 Å². The topological polar surface area (TPSA) is 38.3 Å². The van der Waals surface area contributed by atoms with Crippen LogP contribution in [-0.4, -0.2) is 12.5 Å². The first-order valence-electron chi connectivity index (χ1n) is 8.23. The molecule has 0 aliphatic rings. The molecule has 2 aromatic carbocycles. The largest absolute Gasteiger partial charge is 0.483 e. The van der Waals surface area contributed by atoms with E-state index in [9.17, 15) is 4.79 Å². The molecular formula is C20H24BrNO2. The fraction of sp³-hybridized carbons (Fsp3) is 0.350. The molecule has 24 heavy (non-hydrogen) atoms. The minimum atomic E-state index is -0.155. The summed E-state index contributed by atoms with van der Waals surface area (Å²) >= 11 is 3.49. The highest BCUT2D eigenvalue weighted by Gasteiger charge is 2.13. The highest BCUT2D eigenvalue weighted by molar-refractivity contribution is 9.10. The van der Waals surface area contributed by atoms with Gasteiger partial charge in [-0.2, -0.15) is 0 Å². The van der Waals surface area contributed by atoms with E-state index in [4.69, 9.17) is 4.74 Å². The minimum absolute atomic E-state index is 0.0179. The zero-order valence-electron chi connectivity index (χ0n) is 14.7. The lowest BCUT2D eigenvalue weighted by Crippen LogP contribution is -2.21. The van der Waals surface area contributed by atoms with Gasteiger partial charge < -0.3 is 10.1 Å². The van der Waals surface area contributed by atoms with Gasteiger partial charge in [0, 0.05) is 5.69 Å². The molecule has 0 heterocycles. The number of halogens is 1. The van der Waals surface area contributed by atoms with Crippen molar-refractivity contribution < 1.29 is 9.53 Å². The molecule has 0 aliphatic heterocycles. The Bertz CT molecular complexity index is 726. The Morgan fingerprint density at radius 1 is 1.25 bits per heavy atom. The van der Waals surface area contributed by atoms with Crippen molar-refractivity contribution in [2.75, 3.05) is 11.9 Å². The summed E-state index contributed by atoms with van der Waals surface area (Å²) < 4.78 is 6.52. The second kappa shape index (κ2) is 8.34. The van der Waals surface area contributed by atoms with Crippen LogP contribution < -0.4 is 10.1 Å². The molecule has 0 saturated heterocycles.